The molecule has 0 aliphatic carbocycles. The van der Waals surface area contributed by atoms with Crippen LogP contribution >= 0.6 is 11.6 Å². The zero-order valence-corrected chi connectivity index (χ0v) is 12.1. The van der Waals surface area contributed by atoms with Gasteiger partial charge < -0.3 is 4.42 Å². The second kappa shape index (κ2) is 5.67. The van der Waals surface area contributed by atoms with Crippen LogP contribution in [0.1, 0.15) is 11.3 Å². The van der Waals surface area contributed by atoms with Crippen molar-refractivity contribution < 1.29 is 12.8 Å². The molecule has 0 N–H and O–H groups in total. The number of halogens is 1. The normalized spacial score (nSPS) is 11.5. The largest absolute Gasteiger partial charge is 0.468 e. The van der Waals surface area contributed by atoms with E-state index in [9.17, 15) is 8.42 Å². The summed E-state index contributed by atoms with van der Waals surface area (Å²) in [7, 11) is -2.23. The highest BCUT2D eigenvalue weighted by Gasteiger charge is 2.22. The van der Waals surface area contributed by atoms with Gasteiger partial charge in [-0.25, -0.2) is 8.42 Å². The van der Waals surface area contributed by atoms with Crippen LogP contribution < -0.4 is 0 Å². The maximum Gasteiger partial charge on any atom is 0.243 e. The molecule has 0 unspecified atom stereocenters. The van der Waals surface area contributed by atoms with Crippen molar-refractivity contribution in [2.45, 2.75) is 11.4 Å². The lowest BCUT2D eigenvalue weighted by atomic mass is 10.2. The average molecular weight is 311 g/mol. The number of rotatable bonds is 4. The van der Waals surface area contributed by atoms with Gasteiger partial charge in [0.25, 0.3) is 0 Å². The van der Waals surface area contributed by atoms with Crippen molar-refractivity contribution in [2.75, 3.05) is 7.05 Å². The first kappa shape index (κ1) is 14.6. The molecular weight excluding hydrogens is 300 g/mol. The third-order valence-corrected chi connectivity index (χ3v) is 4.84. The van der Waals surface area contributed by atoms with Crippen LogP contribution in [0.5, 0.6) is 0 Å². The summed E-state index contributed by atoms with van der Waals surface area (Å²) in [4.78, 5) is 0.0376. The Balaban J connectivity index is 2.30. The molecule has 0 radical (unpaired) electrons. The monoisotopic (exact) mass is 310 g/mol. The van der Waals surface area contributed by atoms with Crippen molar-refractivity contribution in [3.63, 3.8) is 0 Å². The molecule has 7 heteroatoms. The van der Waals surface area contributed by atoms with Crippen LogP contribution in [-0.4, -0.2) is 19.8 Å². The van der Waals surface area contributed by atoms with E-state index in [4.69, 9.17) is 21.3 Å². The summed E-state index contributed by atoms with van der Waals surface area (Å²) in [5.74, 6) is 0.538. The second-order valence-electron chi connectivity index (χ2n) is 4.09. The summed E-state index contributed by atoms with van der Waals surface area (Å²) in [5.41, 5.74) is 0.235. The minimum absolute atomic E-state index is 0.0376. The van der Waals surface area contributed by atoms with E-state index in [1.807, 2.05) is 6.07 Å². The van der Waals surface area contributed by atoms with Crippen molar-refractivity contribution in [1.29, 1.82) is 5.26 Å². The Labute approximate surface area is 122 Å². The Hall–Kier alpha value is -1.81. The third kappa shape index (κ3) is 2.85. The lowest BCUT2D eigenvalue weighted by Gasteiger charge is -2.16. The van der Waals surface area contributed by atoms with Gasteiger partial charge in [0.15, 0.2) is 0 Å². The van der Waals surface area contributed by atoms with Crippen LogP contribution in [0.25, 0.3) is 0 Å². The Kier molecular flexibility index (Phi) is 4.14. The Morgan fingerprint density at radius 3 is 2.70 bits per heavy atom. The van der Waals surface area contributed by atoms with Crippen molar-refractivity contribution in [1.82, 2.24) is 4.31 Å². The molecule has 0 spiro atoms. The molecular formula is C13H11ClN2O3S. The summed E-state index contributed by atoms with van der Waals surface area (Å²) in [5, 5.41) is 8.90. The number of benzene rings is 1. The number of hydrogen-bond acceptors (Lipinski definition) is 4. The Morgan fingerprint density at radius 1 is 1.40 bits per heavy atom. The topological polar surface area (TPSA) is 74.3 Å². The van der Waals surface area contributed by atoms with Crippen LogP contribution in [0, 0.1) is 11.3 Å². The molecule has 0 fully saturated rings. The zero-order valence-electron chi connectivity index (χ0n) is 10.6. The highest BCUT2D eigenvalue weighted by atomic mass is 35.5. The molecule has 104 valence electrons. The molecule has 0 amide bonds. The molecule has 2 aromatic rings. The molecule has 0 aliphatic rings. The number of sulfonamides is 1. The molecule has 0 atom stereocenters. The number of furan rings is 1. The van der Waals surface area contributed by atoms with E-state index in [1.54, 1.807) is 12.1 Å². The minimum Gasteiger partial charge on any atom is -0.468 e. The quantitative estimate of drug-likeness (QED) is 0.870. The van der Waals surface area contributed by atoms with Crippen LogP contribution in [-0.2, 0) is 16.6 Å². The van der Waals surface area contributed by atoms with Crippen molar-refractivity contribution in [3.05, 3.63) is 52.9 Å². The van der Waals surface area contributed by atoms with E-state index in [0.717, 1.165) is 4.31 Å². The van der Waals surface area contributed by atoms with E-state index in [2.05, 4.69) is 0 Å². The summed E-state index contributed by atoms with van der Waals surface area (Å²) in [6.07, 6.45) is 1.48. The second-order valence-corrected chi connectivity index (χ2v) is 6.55. The molecule has 1 heterocycles. The molecule has 1 aromatic heterocycles. The van der Waals surface area contributed by atoms with Crippen molar-refractivity contribution in [3.8, 4) is 6.07 Å². The van der Waals surface area contributed by atoms with Crippen molar-refractivity contribution >= 4 is 21.6 Å². The molecule has 5 nitrogen and oxygen atoms in total. The first-order valence-electron chi connectivity index (χ1n) is 5.63. The molecule has 0 aliphatic heterocycles. The molecule has 0 bridgehead atoms. The van der Waals surface area contributed by atoms with Crippen LogP contribution in [0.4, 0.5) is 0 Å². The predicted octanol–water partition coefficient (Wildman–Crippen LogP) is 2.63. The van der Waals surface area contributed by atoms with Gasteiger partial charge >= 0.3 is 0 Å². The van der Waals surface area contributed by atoms with Gasteiger partial charge in [-0.1, -0.05) is 11.6 Å². The van der Waals surface area contributed by atoms with E-state index < -0.39 is 10.0 Å². The molecule has 2 rings (SSSR count). The maximum atomic E-state index is 12.4. The zero-order chi connectivity index (χ0) is 14.8. The van der Waals surface area contributed by atoms with Gasteiger partial charge in [0.1, 0.15) is 11.8 Å². The fourth-order valence-electron chi connectivity index (χ4n) is 1.63. The maximum absolute atomic E-state index is 12.4. The van der Waals surface area contributed by atoms with Crippen LogP contribution in [0.15, 0.2) is 45.9 Å². The Morgan fingerprint density at radius 2 is 2.15 bits per heavy atom. The van der Waals surface area contributed by atoms with E-state index in [-0.39, 0.29) is 22.0 Å². The lowest BCUT2D eigenvalue weighted by Crippen LogP contribution is -2.26. The molecule has 0 saturated carbocycles. The fourth-order valence-corrected chi connectivity index (χ4v) is 3.09. The van der Waals surface area contributed by atoms with Crippen molar-refractivity contribution in [2.24, 2.45) is 0 Å². The van der Waals surface area contributed by atoms with E-state index in [0.29, 0.717) is 5.76 Å². The summed E-state index contributed by atoms with van der Waals surface area (Å²) < 4.78 is 31.0. The van der Waals surface area contributed by atoms with Gasteiger partial charge in [-0.3, -0.25) is 0 Å². The molecule has 1 aromatic carbocycles. The highest BCUT2D eigenvalue weighted by Crippen LogP contribution is 2.23. The van der Waals surface area contributed by atoms with Crippen LogP contribution in [0.3, 0.4) is 0 Å². The fraction of sp³-hybridized carbons (Fsp3) is 0.154. The third-order valence-electron chi connectivity index (χ3n) is 2.73. The smallest absolute Gasteiger partial charge is 0.243 e. The van der Waals surface area contributed by atoms with Gasteiger partial charge in [0.2, 0.25) is 10.0 Å². The number of hydrogen-bond donors (Lipinski definition) is 0. The van der Waals surface area contributed by atoms with Gasteiger partial charge in [0, 0.05) is 7.05 Å². The highest BCUT2D eigenvalue weighted by molar-refractivity contribution is 7.89. The van der Waals surface area contributed by atoms with Crippen LogP contribution in [0.2, 0.25) is 5.02 Å². The molecule has 20 heavy (non-hydrogen) atoms. The minimum atomic E-state index is -3.68. The van der Waals surface area contributed by atoms with Gasteiger partial charge in [-0.15, -0.1) is 0 Å². The summed E-state index contributed by atoms with van der Waals surface area (Å²) >= 11 is 5.86. The first-order chi connectivity index (χ1) is 9.45. The van der Waals surface area contributed by atoms with Gasteiger partial charge in [-0.2, -0.15) is 9.57 Å². The average Bonchev–Trinajstić information content (AvgIpc) is 2.91. The predicted molar refractivity (Wildman–Crippen MR) is 73.5 cm³/mol. The van der Waals surface area contributed by atoms with Gasteiger partial charge in [-0.05, 0) is 30.3 Å². The summed E-state index contributed by atoms with van der Waals surface area (Å²) in [6, 6.07) is 9.28. The summed E-state index contributed by atoms with van der Waals surface area (Å²) in [6.45, 7) is 0.118. The Bertz CT molecular complexity index is 748. The number of nitriles is 1. The number of nitrogens with zero attached hydrogens (tertiary/aromatic N) is 2. The first-order valence-corrected chi connectivity index (χ1v) is 7.45. The molecule has 0 saturated heterocycles. The van der Waals surface area contributed by atoms with E-state index >= 15 is 0 Å². The standard InChI is InChI=1S/C13H11ClN2O3S/c1-16(9-11-3-2-6-19-11)20(17,18)12-5-4-10(8-15)13(14)7-12/h2-7H,9H2,1H3. The van der Waals surface area contributed by atoms with E-state index in [1.165, 1.54) is 31.5 Å². The lowest BCUT2D eigenvalue weighted by molar-refractivity contribution is 0.406. The SMILES string of the molecule is CN(Cc1ccco1)S(=O)(=O)c1ccc(C#N)c(Cl)c1. The van der Waals surface area contributed by atoms with Gasteiger partial charge in [0.05, 0.1) is 28.3 Å².